The quantitative estimate of drug-likeness (QED) is 0.244. The second-order valence-electron chi connectivity index (χ2n) is 12.0. The number of aromatic nitrogens is 1. The van der Waals surface area contributed by atoms with Crippen molar-refractivity contribution in [1.29, 1.82) is 0 Å². The highest BCUT2D eigenvalue weighted by molar-refractivity contribution is 6.99. The Balaban J connectivity index is 1.83. The van der Waals surface area contributed by atoms with Crippen LogP contribution in [-0.4, -0.2) is 48.4 Å². The van der Waals surface area contributed by atoms with Crippen LogP contribution >= 0.6 is 0 Å². The van der Waals surface area contributed by atoms with Crippen LogP contribution in [0.2, 0.25) is 5.04 Å². The van der Waals surface area contributed by atoms with Crippen LogP contribution in [0.15, 0.2) is 85.2 Å². The van der Waals surface area contributed by atoms with Gasteiger partial charge in [0.05, 0.1) is 24.4 Å². The zero-order valence-electron chi connectivity index (χ0n) is 23.8. The van der Waals surface area contributed by atoms with E-state index in [4.69, 9.17) is 9.16 Å². The minimum atomic E-state index is -2.64. The number of benzene rings is 2. The number of pyridine rings is 1. The van der Waals surface area contributed by atoms with Crippen LogP contribution in [0.1, 0.15) is 66.1 Å². The molecule has 206 valence electrons. The molecule has 3 aromatic rings. The van der Waals surface area contributed by atoms with E-state index in [0.717, 1.165) is 0 Å². The Morgan fingerprint density at radius 3 is 1.87 bits per heavy atom. The van der Waals surface area contributed by atoms with Crippen LogP contribution < -0.4 is 10.4 Å². The summed E-state index contributed by atoms with van der Waals surface area (Å²) in [5, 5.41) is 24.7. The molecular formula is C32H45NO4Si. The molecule has 0 saturated heterocycles. The van der Waals surface area contributed by atoms with E-state index in [2.05, 4.69) is 74.3 Å². The molecule has 0 radical (unpaired) electrons. The summed E-state index contributed by atoms with van der Waals surface area (Å²) in [6.07, 6.45) is 2.95. The number of hydrogen-bond acceptors (Lipinski definition) is 5. The molecule has 3 unspecified atom stereocenters. The van der Waals surface area contributed by atoms with Crippen molar-refractivity contribution in [3.8, 4) is 0 Å². The maximum absolute atomic E-state index is 11.2. The van der Waals surface area contributed by atoms with Gasteiger partial charge in [0, 0.05) is 24.9 Å². The van der Waals surface area contributed by atoms with E-state index in [0.29, 0.717) is 25.0 Å². The number of hydrogen-bond donors (Lipinski definition) is 2. The van der Waals surface area contributed by atoms with Gasteiger partial charge in [-0.15, -0.1) is 0 Å². The van der Waals surface area contributed by atoms with E-state index >= 15 is 0 Å². The van der Waals surface area contributed by atoms with Gasteiger partial charge in [0.1, 0.15) is 0 Å². The first-order valence-electron chi connectivity index (χ1n) is 13.6. The molecule has 0 bridgehead atoms. The molecule has 0 aliphatic rings. The van der Waals surface area contributed by atoms with E-state index in [-0.39, 0.29) is 17.2 Å². The second-order valence-corrected chi connectivity index (χ2v) is 16.3. The van der Waals surface area contributed by atoms with Crippen molar-refractivity contribution < 1.29 is 19.4 Å². The zero-order valence-corrected chi connectivity index (χ0v) is 24.8. The Bertz CT molecular complexity index is 1040. The third kappa shape index (κ3) is 7.61. The highest BCUT2D eigenvalue weighted by Crippen LogP contribution is 2.37. The number of ether oxygens (including phenoxy) is 1. The van der Waals surface area contributed by atoms with E-state index in [9.17, 15) is 10.2 Å². The molecule has 0 aliphatic heterocycles. The van der Waals surface area contributed by atoms with E-state index in [1.54, 1.807) is 18.5 Å². The van der Waals surface area contributed by atoms with Crippen molar-refractivity contribution in [2.75, 3.05) is 13.2 Å². The zero-order chi connectivity index (χ0) is 27.8. The fourth-order valence-corrected chi connectivity index (χ4v) is 9.73. The maximum atomic E-state index is 11.2. The highest BCUT2D eigenvalue weighted by atomic mass is 28.4. The van der Waals surface area contributed by atoms with Crippen molar-refractivity contribution >= 4 is 18.7 Å². The Kier molecular flexibility index (Phi) is 10.4. The number of aliphatic hydroxyl groups excluding tert-OH is 2. The van der Waals surface area contributed by atoms with Crippen molar-refractivity contribution in [2.24, 2.45) is 5.92 Å². The topological polar surface area (TPSA) is 71.8 Å². The Hall–Kier alpha value is -2.35. The van der Waals surface area contributed by atoms with Crippen LogP contribution in [-0.2, 0) is 9.16 Å². The summed E-state index contributed by atoms with van der Waals surface area (Å²) in [5.74, 6) is -0.413. The van der Waals surface area contributed by atoms with Crippen LogP contribution in [0.3, 0.4) is 0 Å². The predicted molar refractivity (Wildman–Crippen MR) is 157 cm³/mol. The van der Waals surface area contributed by atoms with E-state index in [1.165, 1.54) is 10.4 Å². The largest absolute Gasteiger partial charge is 0.407 e. The van der Waals surface area contributed by atoms with Crippen LogP contribution in [0.4, 0.5) is 0 Å². The molecule has 0 spiro atoms. The predicted octanol–water partition coefficient (Wildman–Crippen LogP) is 5.26. The number of rotatable bonds is 12. The first-order valence-corrected chi connectivity index (χ1v) is 15.5. The van der Waals surface area contributed by atoms with Crippen LogP contribution in [0.25, 0.3) is 0 Å². The van der Waals surface area contributed by atoms with Gasteiger partial charge in [-0.25, -0.2) is 0 Å². The molecule has 1 aromatic heterocycles. The molecule has 2 aromatic carbocycles. The van der Waals surface area contributed by atoms with Gasteiger partial charge < -0.3 is 19.4 Å². The lowest BCUT2D eigenvalue weighted by atomic mass is 9.88. The fourth-order valence-electron chi connectivity index (χ4n) is 5.12. The highest BCUT2D eigenvalue weighted by Gasteiger charge is 2.50. The molecule has 1 heterocycles. The molecule has 5 nitrogen and oxygen atoms in total. The summed E-state index contributed by atoms with van der Waals surface area (Å²) in [6.45, 7) is 13.4. The standard InChI is InChI=1S/C32H45NO4Si/c1-31(2,3)36-24-29(34)28(30(35)25-15-13-21-33-23-25)20-14-22-37-38(32(4,5)6,26-16-9-7-10-17-26)27-18-11-8-12-19-27/h7-13,15-19,21,23,28-30,34-35H,14,20,22,24H2,1-6H3. The molecule has 0 amide bonds. The van der Waals surface area contributed by atoms with Gasteiger partial charge >= 0.3 is 0 Å². The maximum Gasteiger partial charge on any atom is 0.261 e. The number of nitrogens with zero attached hydrogens (tertiary/aromatic N) is 1. The number of aliphatic hydroxyl groups is 2. The molecule has 0 fully saturated rings. The SMILES string of the molecule is CC(C)(C)OCC(O)C(CCCO[Si](c1ccccc1)(c1ccccc1)C(C)(C)C)C(O)c1cccnc1. The van der Waals surface area contributed by atoms with Crippen molar-refractivity contribution in [3.63, 3.8) is 0 Å². The van der Waals surface area contributed by atoms with Gasteiger partial charge in [-0.3, -0.25) is 4.98 Å². The lowest BCUT2D eigenvalue weighted by Gasteiger charge is -2.43. The molecule has 2 N–H and O–H groups in total. The average molecular weight is 536 g/mol. The van der Waals surface area contributed by atoms with E-state index in [1.807, 2.05) is 39.0 Å². The second kappa shape index (κ2) is 13.1. The minimum Gasteiger partial charge on any atom is -0.407 e. The minimum absolute atomic E-state index is 0.107. The first kappa shape index (κ1) is 30.2. The molecular weight excluding hydrogens is 490 g/mol. The summed E-state index contributed by atoms with van der Waals surface area (Å²) < 4.78 is 12.9. The molecule has 0 aliphatic carbocycles. The molecule has 6 heteroatoms. The summed E-state index contributed by atoms with van der Waals surface area (Å²) in [5.41, 5.74) is 0.317. The van der Waals surface area contributed by atoms with Crippen molar-refractivity contribution in [1.82, 2.24) is 4.98 Å². The third-order valence-corrected chi connectivity index (χ3v) is 12.1. The average Bonchev–Trinajstić information content (AvgIpc) is 2.89. The van der Waals surface area contributed by atoms with Gasteiger partial charge in [-0.05, 0) is 60.7 Å². The Labute approximate surface area is 230 Å². The van der Waals surface area contributed by atoms with E-state index < -0.39 is 26.4 Å². The van der Waals surface area contributed by atoms with Gasteiger partial charge in [0.15, 0.2) is 0 Å². The van der Waals surface area contributed by atoms with Crippen LogP contribution in [0.5, 0.6) is 0 Å². The van der Waals surface area contributed by atoms with Gasteiger partial charge in [-0.1, -0.05) is 87.5 Å². The summed E-state index contributed by atoms with van der Waals surface area (Å²) in [6, 6.07) is 24.8. The smallest absolute Gasteiger partial charge is 0.261 e. The first-order chi connectivity index (χ1) is 18.0. The normalized spacial score (nSPS) is 15.2. The van der Waals surface area contributed by atoms with Gasteiger partial charge in [0.2, 0.25) is 0 Å². The Morgan fingerprint density at radius 2 is 1.39 bits per heavy atom. The summed E-state index contributed by atoms with van der Waals surface area (Å²) in [7, 11) is -2.64. The molecule has 0 saturated carbocycles. The van der Waals surface area contributed by atoms with Gasteiger partial charge in [-0.2, -0.15) is 0 Å². The molecule has 3 atom stereocenters. The van der Waals surface area contributed by atoms with Crippen molar-refractivity contribution in [3.05, 3.63) is 90.8 Å². The van der Waals surface area contributed by atoms with Gasteiger partial charge in [0.25, 0.3) is 8.32 Å². The summed E-state index contributed by atoms with van der Waals surface area (Å²) in [4.78, 5) is 4.16. The fraction of sp³-hybridized carbons (Fsp3) is 0.469. The molecule has 38 heavy (non-hydrogen) atoms. The van der Waals surface area contributed by atoms with Crippen molar-refractivity contribution in [2.45, 2.75) is 77.2 Å². The lowest BCUT2D eigenvalue weighted by molar-refractivity contribution is -0.0866. The lowest BCUT2D eigenvalue weighted by Crippen LogP contribution is -2.66. The Morgan fingerprint density at radius 1 is 0.816 bits per heavy atom. The summed E-state index contributed by atoms with van der Waals surface area (Å²) >= 11 is 0. The third-order valence-electron chi connectivity index (χ3n) is 7.03. The molecule has 3 rings (SSSR count). The monoisotopic (exact) mass is 535 g/mol. The van der Waals surface area contributed by atoms with Crippen LogP contribution in [0, 0.1) is 5.92 Å².